The van der Waals surface area contributed by atoms with Crippen LogP contribution in [0.1, 0.15) is 55.9 Å². The van der Waals surface area contributed by atoms with Gasteiger partial charge in [0.2, 0.25) is 5.91 Å². The number of thioether (sulfide) groups is 1. The zero-order valence-electron chi connectivity index (χ0n) is 15.8. The minimum Gasteiger partial charge on any atom is -0.353 e. The van der Waals surface area contributed by atoms with E-state index in [9.17, 15) is 9.59 Å². The molecule has 1 fully saturated rings. The number of fused-ring (bicyclic) bond motifs is 1. The highest BCUT2D eigenvalue weighted by atomic mass is 32.2. The van der Waals surface area contributed by atoms with Crippen LogP contribution >= 0.6 is 23.1 Å². The molecule has 3 rings (SSSR count). The molecule has 0 bridgehead atoms. The Kier molecular flexibility index (Phi) is 6.40. The number of aromatic nitrogens is 2. The van der Waals surface area contributed by atoms with Crippen molar-refractivity contribution in [3.8, 4) is 0 Å². The molecule has 142 valence electrons. The first-order chi connectivity index (χ1) is 12.5. The molecule has 1 N–H and O–H groups in total. The van der Waals surface area contributed by atoms with Gasteiger partial charge in [-0.2, -0.15) is 0 Å². The van der Waals surface area contributed by atoms with Crippen molar-refractivity contribution in [2.75, 3.05) is 5.75 Å². The molecule has 0 radical (unpaired) electrons. The Labute approximate surface area is 162 Å². The minimum absolute atomic E-state index is 0.0357. The average molecular weight is 394 g/mol. The van der Waals surface area contributed by atoms with E-state index in [1.807, 2.05) is 20.8 Å². The number of carbonyl (C=O) groups excluding carboxylic acids is 1. The SMILES string of the molecule is CCn1c(SCCC(=O)NC2CCCCC2)nc2sc(C)c(C)c2c1=O. The van der Waals surface area contributed by atoms with Crippen LogP contribution in [-0.4, -0.2) is 27.3 Å². The van der Waals surface area contributed by atoms with Crippen molar-refractivity contribution in [3.63, 3.8) is 0 Å². The van der Waals surface area contributed by atoms with E-state index < -0.39 is 0 Å². The second-order valence-electron chi connectivity index (χ2n) is 6.91. The zero-order chi connectivity index (χ0) is 18.7. The fourth-order valence-corrected chi connectivity index (χ4v) is 5.55. The second kappa shape index (κ2) is 8.57. The van der Waals surface area contributed by atoms with Gasteiger partial charge in [-0.25, -0.2) is 4.98 Å². The Morgan fingerprint density at radius 1 is 1.31 bits per heavy atom. The highest BCUT2D eigenvalue weighted by Gasteiger charge is 2.18. The number of carbonyl (C=O) groups is 1. The molecule has 0 spiro atoms. The lowest BCUT2D eigenvalue weighted by atomic mass is 9.95. The predicted molar refractivity (Wildman–Crippen MR) is 109 cm³/mol. The highest BCUT2D eigenvalue weighted by molar-refractivity contribution is 7.99. The molecule has 1 saturated carbocycles. The van der Waals surface area contributed by atoms with Gasteiger partial charge in [0.25, 0.3) is 5.56 Å². The molecule has 1 aliphatic carbocycles. The van der Waals surface area contributed by atoms with Crippen LogP contribution in [0.25, 0.3) is 10.2 Å². The van der Waals surface area contributed by atoms with Crippen LogP contribution in [-0.2, 0) is 11.3 Å². The van der Waals surface area contributed by atoms with Crippen molar-refractivity contribution >= 4 is 39.2 Å². The second-order valence-corrected chi connectivity index (χ2v) is 9.17. The summed E-state index contributed by atoms with van der Waals surface area (Å²) in [4.78, 5) is 31.6. The number of hydrogen-bond acceptors (Lipinski definition) is 5. The molecule has 2 aromatic rings. The Morgan fingerprint density at radius 2 is 2.04 bits per heavy atom. The number of nitrogens with zero attached hydrogens (tertiary/aromatic N) is 2. The number of rotatable bonds is 6. The third-order valence-corrected chi connectivity index (χ3v) is 7.18. The normalized spacial score (nSPS) is 15.5. The summed E-state index contributed by atoms with van der Waals surface area (Å²) in [6.07, 6.45) is 6.37. The fraction of sp³-hybridized carbons (Fsp3) is 0.632. The van der Waals surface area contributed by atoms with Gasteiger partial charge in [0.15, 0.2) is 5.16 Å². The number of amides is 1. The first-order valence-corrected chi connectivity index (χ1v) is 11.2. The van der Waals surface area contributed by atoms with Crippen molar-refractivity contribution in [3.05, 3.63) is 20.8 Å². The lowest BCUT2D eigenvalue weighted by Gasteiger charge is -2.22. The topological polar surface area (TPSA) is 64.0 Å². The molecule has 0 atom stereocenters. The van der Waals surface area contributed by atoms with Gasteiger partial charge in [-0.3, -0.25) is 14.2 Å². The summed E-state index contributed by atoms with van der Waals surface area (Å²) in [6, 6.07) is 0.349. The number of aryl methyl sites for hydroxylation is 2. The summed E-state index contributed by atoms with van der Waals surface area (Å²) in [6.45, 7) is 6.56. The van der Waals surface area contributed by atoms with Gasteiger partial charge >= 0.3 is 0 Å². The van der Waals surface area contributed by atoms with Gasteiger partial charge in [-0.15, -0.1) is 11.3 Å². The first-order valence-electron chi connectivity index (χ1n) is 9.44. The van der Waals surface area contributed by atoms with Crippen LogP contribution < -0.4 is 10.9 Å². The van der Waals surface area contributed by atoms with Gasteiger partial charge in [0.05, 0.1) is 5.39 Å². The summed E-state index contributed by atoms with van der Waals surface area (Å²) < 4.78 is 1.73. The van der Waals surface area contributed by atoms with E-state index >= 15 is 0 Å². The van der Waals surface area contributed by atoms with Crippen LogP contribution in [0.2, 0.25) is 0 Å². The van der Waals surface area contributed by atoms with E-state index in [4.69, 9.17) is 4.98 Å². The van der Waals surface area contributed by atoms with Crippen molar-refractivity contribution in [1.82, 2.24) is 14.9 Å². The molecule has 7 heteroatoms. The smallest absolute Gasteiger partial charge is 0.263 e. The van der Waals surface area contributed by atoms with Gasteiger partial charge < -0.3 is 5.32 Å². The molecule has 5 nitrogen and oxygen atoms in total. The van der Waals surface area contributed by atoms with Crippen molar-refractivity contribution in [2.24, 2.45) is 0 Å². The maximum Gasteiger partial charge on any atom is 0.263 e. The molecule has 0 aromatic carbocycles. The maximum atomic E-state index is 12.8. The van der Waals surface area contributed by atoms with Crippen LogP contribution in [0.3, 0.4) is 0 Å². The quantitative estimate of drug-likeness (QED) is 0.594. The van der Waals surface area contributed by atoms with E-state index in [0.29, 0.717) is 24.8 Å². The van der Waals surface area contributed by atoms with E-state index in [0.717, 1.165) is 38.7 Å². The molecular weight excluding hydrogens is 366 g/mol. The van der Waals surface area contributed by atoms with Crippen molar-refractivity contribution in [1.29, 1.82) is 0 Å². The Balaban J connectivity index is 1.66. The average Bonchev–Trinajstić information content (AvgIpc) is 2.90. The third-order valence-electron chi connectivity index (χ3n) is 5.10. The molecule has 1 aliphatic rings. The lowest BCUT2D eigenvalue weighted by molar-refractivity contribution is -0.121. The van der Waals surface area contributed by atoms with E-state index in [-0.39, 0.29) is 11.5 Å². The maximum absolute atomic E-state index is 12.8. The lowest BCUT2D eigenvalue weighted by Crippen LogP contribution is -2.36. The summed E-state index contributed by atoms with van der Waals surface area (Å²) in [5, 5.41) is 4.61. The van der Waals surface area contributed by atoms with Crippen molar-refractivity contribution in [2.45, 2.75) is 77.0 Å². The van der Waals surface area contributed by atoms with Gasteiger partial charge in [-0.05, 0) is 39.2 Å². The van der Waals surface area contributed by atoms with Crippen LogP contribution in [0, 0.1) is 13.8 Å². The monoisotopic (exact) mass is 393 g/mol. The number of nitrogens with one attached hydrogen (secondary N) is 1. The van der Waals surface area contributed by atoms with E-state index in [1.54, 1.807) is 15.9 Å². The molecule has 1 amide bonds. The van der Waals surface area contributed by atoms with Gasteiger partial charge in [0, 0.05) is 29.6 Å². The Hall–Kier alpha value is -1.34. The predicted octanol–water partition coefficient (Wildman–Crippen LogP) is 4.03. The summed E-state index contributed by atoms with van der Waals surface area (Å²) in [5.74, 6) is 0.749. The largest absolute Gasteiger partial charge is 0.353 e. The number of hydrogen-bond donors (Lipinski definition) is 1. The molecule has 0 aliphatic heterocycles. The molecule has 2 heterocycles. The molecule has 0 saturated heterocycles. The van der Waals surface area contributed by atoms with Gasteiger partial charge in [-0.1, -0.05) is 31.0 Å². The molecule has 2 aromatic heterocycles. The van der Waals surface area contributed by atoms with Crippen LogP contribution in [0.15, 0.2) is 9.95 Å². The Bertz CT molecular complexity index is 851. The molecule has 26 heavy (non-hydrogen) atoms. The minimum atomic E-state index is 0.0357. The zero-order valence-corrected chi connectivity index (χ0v) is 17.4. The standard InChI is InChI=1S/C19H27N3O2S2/c1-4-22-18(24)16-12(2)13(3)26-17(16)21-19(22)25-11-10-15(23)20-14-8-6-5-7-9-14/h14H,4-11H2,1-3H3,(H,20,23). The summed E-state index contributed by atoms with van der Waals surface area (Å²) >= 11 is 3.08. The highest BCUT2D eigenvalue weighted by Crippen LogP contribution is 2.28. The van der Waals surface area contributed by atoms with Crippen LogP contribution in [0.4, 0.5) is 0 Å². The van der Waals surface area contributed by atoms with Crippen molar-refractivity contribution < 1.29 is 4.79 Å². The Morgan fingerprint density at radius 3 is 2.73 bits per heavy atom. The van der Waals surface area contributed by atoms with E-state index in [2.05, 4.69) is 5.32 Å². The van der Waals surface area contributed by atoms with Crippen LogP contribution in [0.5, 0.6) is 0 Å². The third kappa shape index (κ3) is 4.14. The van der Waals surface area contributed by atoms with E-state index in [1.165, 1.54) is 31.0 Å². The summed E-state index contributed by atoms with van der Waals surface area (Å²) in [5.41, 5.74) is 1.07. The summed E-state index contributed by atoms with van der Waals surface area (Å²) in [7, 11) is 0. The number of thiophene rings is 1. The molecule has 0 unspecified atom stereocenters. The first kappa shape index (κ1) is 19.4. The fourth-order valence-electron chi connectivity index (χ4n) is 3.48. The van der Waals surface area contributed by atoms with Gasteiger partial charge in [0.1, 0.15) is 4.83 Å². The molecular formula is C19H27N3O2S2.